The summed E-state index contributed by atoms with van der Waals surface area (Å²) in [5.74, 6) is 0.660. The van der Waals surface area contributed by atoms with E-state index in [1.54, 1.807) is 12.1 Å². The van der Waals surface area contributed by atoms with E-state index in [-0.39, 0.29) is 28.5 Å². The molecule has 0 spiro atoms. The molecule has 1 saturated heterocycles. The Labute approximate surface area is 174 Å². The van der Waals surface area contributed by atoms with E-state index < -0.39 is 11.4 Å². The van der Waals surface area contributed by atoms with E-state index in [0.29, 0.717) is 24.3 Å². The molecule has 1 aromatic rings. The van der Waals surface area contributed by atoms with E-state index in [1.807, 2.05) is 11.8 Å². The number of nitrogens with one attached hydrogen (secondary N) is 1. The van der Waals surface area contributed by atoms with E-state index in [1.165, 1.54) is 13.2 Å². The fraction of sp³-hybridized carbons (Fsp3) is 0.636. The van der Waals surface area contributed by atoms with Crippen LogP contribution in [0.3, 0.4) is 0 Å². The van der Waals surface area contributed by atoms with Gasteiger partial charge in [0.1, 0.15) is 5.82 Å². The lowest BCUT2D eigenvalue weighted by molar-refractivity contribution is -0.174. The van der Waals surface area contributed by atoms with Crippen LogP contribution in [0.25, 0.3) is 0 Å². The fourth-order valence-corrected chi connectivity index (χ4v) is 7.16. The minimum Gasteiger partial charge on any atom is -0.469 e. The first kappa shape index (κ1) is 19.2. The molecule has 4 saturated carbocycles. The third-order valence-electron chi connectivity index (χ3n) is 7.89. The first-order valence-corrected chi connectivity index (χ1v) is 10.8. The summed E-state index contributed by atoms with van der Waals surface area (Å²) in [6, 6.07) is 4.69. The second-order valence-corrected chi connectivity index (χ2v) is 10.2. The predicted octanol–water partition coefficient (Wildman–Crippen LogP) is 4.09. The quantitative estimate of drug-likeness (QED) is 0.749. The first-order chi connectivity index (χ1) is 13.7. The highest BCUT2D eigenvalue weighted by Crippen LogP contribution is 2.61. The molecule has 2 amide bonds. The number of urea groups is 1. The average molecular weight is 421 g/mol. The predicted molar refractivity (Wildman–Crippen MR) is 106 cm³/mol. The zero-order valence-corrected chi connectivity index (χ0v) is 17.5. The summed E-state index contributed by atoms with van der Waals surface area (Å²) in [7, 11) is 1.48. The van der Waals surface area contributed by atoms with Crippen molar-refractivity contribution in [3.63, 3.8) is 0 Å². The molecule has 7 heteroatoms. The maximum atomic E-state index is 13.6. The van der Waals surface area contributed by atoms with Crippen molar-refractivity contribution in [3.8, 4) is 0 Å². The average Bonchev–Trinajstić information content (AvgIpc) is 2.98. The van der Waals surface area contributed by atoms with Crippen LogP contribution in [0.15, 0.2) is 18.2 Å². The third-order valence-corrected chi connectivity index (χ3v) is 8.18. The van der Waals surface area contributed by atoms with Crippen LogP contribution in [0.2, 0.25) is 5.02 Å². The molecule has 0 aromatic heterocycles. The Balaban J connectivity index is 1.42. The Morgan fingerprint density at radius 2 is 1.97 bits per heavy atom. The summed E-state index contributed by atoms with van der Waals surface area (Å²) < 4.78 is 18.8. The minimum atomic E-state index is -0.622. The van der Waals surface area contributed by atoms with Crippen molar-refractivity contribution in [3.05, 3.63) is 34.6 Å². The summed E-state index contributed by atoms with van der Waals surface area (Å²) >= 11 is 5.99. The number of hydrogen-bond donors (Lipinski definition) is 1. The summed E-state index contributed by atoms with van der Waals surface area (Å²) in [6.07, 6.45) is 4.68. The van der Waals surface area contributed by atoms with E-state index in [0.717, 1.165) is 37.7 Å². The van der Waals surface area contributed by atoms with Gasteiger partial charge in [0, 0.05) is 12.6 Å². The molecule has 29 heavy (non-hydrogen) atoms. The van der Waals surface area contributed by atoms with Crippen molar-refractivity contribution in [1.29, 1.82) is 0 Å². The maximum absolute atomic E-state index is 13.6. The van der Waals surface area contributed by atoms with E-state index in [2.05, 4.69) is 5.32 Å². The van der Waals surface area contributed by atoms with Gasteiger partial charge in [0.15, 0.2) is 0 Å². The van der Waals surface area contributed by atoms with Crippen LogP contribution in [0, 0.1) is 29.0 Å². The molecule has 3 unspecified atom stereocenters. The lowest BCUT2D eigenvalue weighted by Gasteiger charge is -2.60. The van der Waals surface area contributed by atoms with Crippen molar-refractivity contribution in [2.45, 2.75) is 50.6 Å². The Kier molecular flexibility index (Phi) is 4.19. The van der Waals surface area contributed by atoms with Gasteiger partial charge in [-0.2, -0.15) is 0 Å². The van der Waals surface area contributed by atoms with Crippen molar-refractivity contribution >= 4 is 23.6 Å². The largest absolute Gasteiger partial charge is 0.469 e. The Hall–Kier alpha value is -1.82. The lowest BCUT2D eigenvalue weighted by Crippen LogP contribution is -2.61. The number of nitrogens with zero attached hydrogens (tertiary/aromatic N) is 1. The second kappa shape index (κ2) is 6.34. The number of ether oxygens (including phenoxy) is 1. The molecule has 5 fully saturated rings. The molecule has 156 valence electrons. The molecule has 1 N–H and O–H groups in total. The molecule has 4 aliphatic carbocycles. The zero-order valence-electron chi connectivity index (χ0n) is 16.7. The standard InChI is InChI=1S/C22H26ClFN2O3/c1-21(15-3-4-17(24)16(23)7-15)11-26(20(28)25-21)18-13-5-12-6-14(18)10-22(8-12,9-13)19(27)29-2/h3-4,7,12-14,18H,5-6,8-11H2,1-2H3,(H,25,28). The SMILES string of the molecule is COC(=O)C12CC3CC(C1)C(N1CC(C)(c4ccc(F)c(Cl)c4)NC1=O)C(C3)C2. The highest BCUT2D eigenvalue weighted by Gasteiger charge is 2.61. The van der Waals surface area contributed by atoms with Gasteiger partial charge in [0.25, 0.3) is 0 Å². The number of rotatable bonds is 3. The van der Waals surface area contributed by atoms with E-state index >= 15 is 0 Å². The van der Waals surface area contributed by atoms with Crippen LogP contribution in [0.5, 0.6) is 0 Å². The van der Waals surface area contributed by atoms with Gasteiger partial charge in [-0.15, -0.1) is 0 Å². The molecule has 5 aliphatic rings. The van der Waals surface area contributed by atoms with Crippen LogP contribution in [0.4, 0.5) is 9.18 Å². The number of methoxy groups -OCH3 is 1. The number of esters is 1. The number of carbonyl (C=O) groups excluding carboxylic acids is 2. The van der Waals surface area contributed by atoms with Crippen molar-refractivity contribution in [2.24, 2.45) is 23.2 Å². The number of carbonyl (C=O) groups is 2. The van der Waals surface area contributed by atoms with Gasteiger partial charge in [-0.05, 0) is 74.5 Å². The zero-order chi connectivity index (χ0) is 20.6. The van der Waals surface area contributed by atoms with Crippen molar-refractivity contribution in [1.82, 2.24) is 10.2 Å². The number of amides is 2. The molecule has 5 nitrogen and oxygen atoms in total. The Morgan fingerprint density at radius 3 is 2.59 bits per heavy atom. The van der Waals surface area contributed by atoms with Gasteiger partial charge in [-0.3, -0.25) is 4.79 Å². The maximum Gasteiger partial charge on any atom is 0.318 e. The van der Waals surface area contributed by atoms with Crippen molar-refractivity contribution in [2.75, 3.05) is 13.7 Å². The third kappa shape index (κ3) is 2.78. The topological polar surface area (TPSA) is 58.6 Å². The summed E-state index contributed by atoms with van der Waals surface area (Å²) in [6.45, 7) is 2.47. The Morgan fingerprint density at radius 1 is 1.28 bits per heavy atom. The fourth-order valence-electron chi connectivity index (χ4n) is 6.98. The number of benzene rings is 1. The molecule has 1 heterocycles. The van der Waals surface area contributed by atoms with E-state index in [4.69, 9.17) is 16.3 Å². The molecule has 0 radical (unpaired) electrons. The molecule has 6 rings (SSSR count). The molecule has 4 bridgehead atoms. The smallest absolute Gasteiger partial charge is 0.318 e. The highest BCUT2D eigenvalue weighted by atomic mass is 35.5. The lowest BCUT2D eigenvalue weighted by atomic mass is 9.47. The van der Waals surface area contributed by atoms with Crippen LogP contribution in [0.1, 0.15) is 44.6 Å². The van der Waals surface area contributed by atoms with Gasteiger partial charge in [0.05, 0.1) is 23.1 Å². The second-order valence-electron chi connectivity index (χ2n) is 9.75. The van der Waals surface area contributed by atoms with Crippen LogP contribution < -0.4 is 5.32 Å². The summed E-state index contributed by atoms with van der Waals surface area (Å²) in [5, 5.41) is 3.17. The van der Waals surface area contributed by atoms with Crippen LogP contribution in [-0.4, -0.2) is 36.6 Å². The monoisotopic (exact) mass is 420 g/mol. The van der Waals surface area contributed by atoms with Gasteiger partial charge in [-0.25, -0.2) is 9.18 Å². The molecular formula is C22H26ClFN2O3. The first-order valence-electron chi connectivity index (χ1n) is 10.4. The van der Waals surface area contributed by atoms with E-state index in [9.17, 15) is 14.0 Å². The molecule has 1 aromatic carbocycles. The van der Waals surface area contributed by atoms with Crippen molar-refractivity contribution < 1.29 is 18.7 Å². The molecular weight excluding hydrogens is 395 g/mol. The van der Waals surface area contributed by atoms with Gasteiger partial charge < -0.3 is 15.0 Å². The van der Waals surface area contributed by atoms with Crippen LogP contribution >= 0.6 is 11.6 Å². The van der Waals surface area contributed by atoms with Gasteiger partial charge in [0.2, 0.25) is 0 Å². The number of halogens is 2. The molecule has 1 aliphatic heterocycles. The normalized spacial score (nSPS) is 40.3. The summed E-state index contributed by atoms with van der Waals surface area (Å²) in [5.41, 5.74) is -0.177. The van der Waals surface area contributed by atoms with Gasteiger partial charge in [-0.1, -0.05) is 17.7 Å². The highest BCUT2D eigenvalue weighted by molar-refractivity contribution is 6.30. The minimum absolute atomic E-state index is 0.0612. The summed E-state index contributed by atoms with van der Waals surface area (Å²) in [4.78, 5) is 27.5. The number of hydrogen-bond acceptors (Lipinski definition) is 3. The molecule has 3 atom stereocenters. The van der Waals surface area contributed by atoms with Gasteiger partial charge >= 0.3 is 12.0 Å². The Bertz CT molecular complexity index is 877. The van der Waals surface area contributed by atoms with Crippen LogP contribution in [-0.2, 0) is 15.1 Å².